The van der Waals surface area contributed by atoms with Crippen molar-refractivity contribution >= 4 is 11.7 Å². The highest BCUT2D eigenvalue weighted by atomic mass is 16.5. The molecule has 0 radical (unpaired) electrons. The minimum atomic E-state index is 0.175. The second-order valence-corrected chi connectivity index (χ2v) is 7.52. The van der Waals surface area contributed by atoms with E-state index in [-0.39, 0.29) is 5.91 Å². The van der Waals surface area contributed by atoms with Crippen molar-refractivity contribution in [2.75, 3.05) is 51.3 Å². The van der Waals surface area contributed by atoms with E-state index in [1.165, 1.54) is 0 Å². The Morgan fingerprint density at radius 3 is 2.41 bits per heavy atom. The number of carbonyl (C=O) groups excluding carboxylic acids is 1. The number of amides is 1. The zero-order chi connectivity index (χ0) is 20.6. The molecule has 2 aromatic rings. The Kier molecular flexibility index (Phi) is 7.41. The summed E-state index contributed by atoms with van der Waals surface area (Å²) in [6, 6.07) is 11.8. The van der Waals surface area contributed by atoms with Gasteiger partial charge in [-0.3, -0.25) is 4.79 Å². The van der Waals surface area contributed by atoms with Crippen molar-refractivity contribution in [3.05, 3.63) is 36.4 Å². The van der Waals surface area contributed by atoms with Gasteiger partial charge in [0.15, 0.2) is 5.82 Å². The Hall–Kier alpha value is -2.67. The van der Waals surface area contributed by atoms with E-state index < -0.39 is 0 Å². The van der Waals surface area contributed by atoms with Crippen molar-refractivity contribution < 1.29 is 9.53 Å². The van der Waals surface area contributed by atoms with Gasteiger partial charge in [0.25, 0.3) is 0 Å². The van der Waals surface area contributed by atoms with Crippen LogP contribution < -0.4 is 15.0 Å². The molecule has 2 heterocycles. The van der Waals surface area contributed by atoms with Crippen LogP contribution in [0, 0.1) is 5.92 Å². The molecule has 7 nitrogen and oxygen atoms in total. The summed E-state index contributed by atoms with van der Waals surface area (Å²) in [5.74, 6) is 2.44. The van der Waals surface area contributed by atoms with Gasteiger partial charge in [-0.2, -0.15) is 0 Å². The Morgan fingerprint density at radius 1 is 1.10 bits per heavy atom. The molecule has 1 atom stereocenters. The lowest BCUT2D eigenvalue weighted by atomic mass is 10.1. The van der Waals surface area contributed by atoms with E-state index in [1.54, 1.807) is 7.11 Å². The highest BCUT2D eigenvalue weighted by molar-refractivity contribution is 5.78. The van der Waals surface area contributed by atoms with Crippen LogP contribution in [0.1, 0.15) is 20.3 Å². The number of carbonyl (C=O) groups is 1. The fraction of sp³-hybridized carbons (Fsp3) is 0.500. The predicted molar refractivity (Wildman–Crippen MR) is 115 cm³/mol. The summed E-state index contributed by atoms with van der Waals surface area (Å²) in [6.45, 7) is 8.63. The second kappa shape index (κ2) is 10.2. The van der Waals surface area contributed by atoms with Gasteiger partial charge in [-0.1, -0.05) is 20.3 Å². The standard InChI is InChI=1S/C22H31N5O2/c1-4-17(2)15-23-16-22(28)27-13-11-26(12-14-27)21-10-9-20(24-25-21)18-5-7-19(29-3)8-6-18/h5-10,17,23H,4,11-16H2,1-3H3. The van der Waals surface area contributed by atoms with Crippen LogP contribution in [0.25, 0.3) is 11.3 Å². The molecule has 156 valence electrons. The van der Waals surface area contributed by atoms with Gasteiger partial charge >= 0.3 is 0 Å². The lowest BCUT2D eigenvalue weighted by Crippen LogP contribution is -2.51. The minimum absolute atomic E-state index is 0.175. The van der Waals surface area contributed by atoms with Crippen LogP contribution in [-0.2, 0) is 4.79 Å². The van der Waals surface area contributed by atoms with E-state index in [0.717, 1.165) is 48.9 Å². The van der Waals surface area contributed by atoms with Gasteiger partial charge in [0.05, 0.1) is 19.3 Å². The van der Waals surface area contributed by atoms with Crippen molar-refractivity contribution in [3.8, 4) is 17.0 Å². The Bertz CT molecular complexity index is 771. The second-order valence-electron chi connectivity index (χ2n) is 7.52. The van der Waals surface area contributed by atoms with E-state index in [2.05, 4.69) is 34.3 Å². The van der Waals surface area contributed by atoms with E-state index in [0.29, 0.717) is 25.6 Å². The monoisotopic (exact) mass is 397 g/mol. The molecule has 1 saturated heterocycles. The summed E-state index contributed by atoms with van der Waals surface area (Å²) in [4.78, 5) is 16.5. The molecule has 1 aliphatic heterocycles. The lowest BCUT2D eigenvalue weighted by Gasteiger charge is -2.35. The summed E-state index contributed by atoms with van der Waals surface area (Å²) in [6.07, 6.45) is 1.12. The number of hydrogen-bond acceptors (Lipinski definition) is 6. The van der Waals surface area contributed by atoms with E-state index >= 15 is 0 Å². The average molecular weight is 398 g/mol. The van der Waals surface area contributed by atoms with Gasteiger partial charge in [-0.05, 0) is 48.9 Å². The summed E-state index contributed by atoms with van der Waals surface area (Å²) in [5, 5.41) is 12.0. The molecule has 1 fully saturated rings. The molecule has 7 heteroatoms. The molecule has 1 unspecified atom stereocenters. The molecule has 0 aliphatic carbocycles. The molecule has 0 saturated carbocycles. The van der Waals surface area contributed by atoms with Crippen LogP contribution in [0.2, 0.25) is 0 Å². The van der Waals surface area contributed by atoms with Gasteiger partial charge < -0.3 is 19.9 Å². The number of piperazine rings is 1. The SMILES string of the molecule is CCC(C)CNCC(=O)N1CCN(c2ccc(-c3ccc(OC)cc3)nn2)CC1. The summed E-state index contributed by atoms with van der Waals surface area (Å²) in [5.41, 5.74) is 1.84. The first-order chi connectivity index (χ1) is 14.1. The molecule has 1 aromatic heterocycles. The third-order valence-electron chi connectivity index (χ3n) is 5.46. The van der Waals surface area contributed by atoms with Crippen molar-refractivity contribution in [1.82, 2.24) is 20.4 Å². The van der Waals surface area contributed by atoms with Gasteiger partial charge in [-0.25, -0.2) is 0 Å². The maximum Gasteiger partial charge on any atom is 0.236 e. The highest BCUT2D eigenvalue weighted by Gasteiger charge is 2.22. The van der Waals surface area contributed by atoms with Gasteiger partial charge in [0.2, 0.25) is 5.91 Å². The minimum Gasteiger partial charge on any atom is -0.497 e. The number of benzene rings is 1. The number of rotatable bonds is 8. The highest BCUT2D eigenvalue weighted by Crippen LogP contribution is 2.22. The molecule has 0 bridgehead atoms. The molecule has 1 N–H and O–H groups in total. The van der Waals surface area contributed by atoms with Gasteiger partial charge in [0, 0.05) is 31.7 Å². The van der Waals surface area contributed by atoms with E-state index in [1.807, 2.05) is 41.3 Å². The number of ether oxygens (including phenoxy) is 1. The normalized spacial score (nSPS) is 15.3. The van der Waals surface area contributed by atoms with Crippen molar-refractivity contribution in [2.24, 2.45) is 5.92 Å². The third-order valence-corrected chi connectivity index (χ3v) is 5.46. The van der Waals surface area contributed by atoms with E-state index in [9.17, 15) is 4.79 Å². The molecule has 3 rings (SSSR count). The quantitative estimate of drug-likeness (QED) is 0.738. The number of nitrogens with zero attached hydrogens (tertiary/aromatic N) is 4. The lowest BCUT2D eigenvalue weighted by molar-refractivity contribution is -0.130. The van der Waals surface area contributed by atoms with Crippen molar-refractivity contribution in [3.63, 3.8) is 0 Å². The van der Waals surface area contributed by atoms with Crippen LogP contribution in [0.3, 0.4) is 0 Å². The molecule has 0 spiro atoms. The fourth-order valence-electron chi connectivity index (χ4n) is 3.28. The predicted octanol–water partition coefficient (Wildman–Crippen LogP) is 2.44. The Morgan fingerprint density at radius 2 is 1.83 bits per heavy atom. The topological polar surface area (TPSA) is 70.6 Å². The first kappa shape index (κ1) is 21.0. The van der Waals surface area contributed by atoms with Gasteiger partial charge in [-0.15, -0.1) is 10.2 Å². The number of hydrogen-bond donors (Lipinski definition) is 1. The summed E-state index contributed by atoms with van der Waals surface area (Å²) in [7, 11) is 1.65. The molecule has 1 aromatic carbocycles. The fourth-order valence-corrected chi connectivity index (χ4v) is 3.28. The number of aromatic nitrogens is 2. The first-order valence-corrected chi connectivity index (χ1v) is 10.3. The number of anilines is 1. The number of nitrogens with one attached hydrogen (secondary N) is 1. The van der Waals surface area contributed by atoms with Crippen LogP contribution in [0.4, 0.5) is 5.82 Å². The first-order valence-electron chi connectivity index (χ1n) is 10.3. The number of methoxy groups -OCH3 is 1. The van der Waals surface area contributed by atoms with Crippen LogP contribution in [-0.4, -0.2) is 67.4 Å². The van der Waals surface area contributed by atoms with E-state index in [4.69, 9.17) is 4.74 Å². The average Bonchev–Trinajstić information content (AvgIpc) is 2.79. The molecule has 1 amide bonds. The maximum atomic E-state index is 12.4. The Balaban J connectivity index is 1.49. The zero-order valence-electron chi connectivity index (χ0n) is 17.6. The van der Waals surface area contributed by atoms with Crippen LogP contribution in [0.5, 0.6) is 5.75 Å². The summed E-state index contributed by atoms with van der Waals surface area (Å²) < 4.78 is 5.19. The van der Waals surface area contributed by atoms with Crippen molar-refractivity contribution in [1.29, 1.82) is 0 Å². The third kappa shape index (κ3) is 5.67. The van der Waals surface area contributed by atoms with Crippen LogP contribution in [0.15, 0.2) is 36.4 Å². The summed E-state index contributed by atoms with van der Waals surface area (Å²) >= 11 is 0. The molecular formula is C22H31N5O2. The van der Waals surface area contributed by atoms with Gasteiger partial charge in [0.1, 0.15) is 5.75 Å². The van der Waals surface area contributed by atoms with Crippen molar-refractivity contribution in [2.45, 2.75) is 20.3 Å². The Labute approximate surface area is 173 Å². The molecule has 1 aliphatic rings. The smallest absolute Gasteiger partial charge is 0.236 e. The van der Waals surface area contributed by atoms with Crippen LogP contribution >= 0.6 is 0 Å². The molecule has 29 heavy (non-hydrogen) atoms. The maximum absolute atomic E-state index is 12.4. The largest absolute Gasteiger partial charge is 0.497 e. The zero-order valence-corrected chi connectivity index (χ0v) is 17.6. The molecular weight excluding hydrogens is 366 g/mol.